The molecule has 1 saturated carbocycles. The fourth-order valence-electron chi connectivity index (χ4n) is 4.25. The van der Waals surface area contributed by atoms with E-state index in [1.54, 1.807) is 25.4 Å². The first kappa shape index (κ1) is 27.7. The molecule has 1 fully saturated rings. The second-order valence-corrected chi connectivity index (χ2v) is 9.95. The molecule has 1 aliphatic rings. The van der Waals surface area contributed by atoms with Gasteiger partial charge in [-0.05, 0) is 71.1 Å². The van der Waals surface area contributed by atoms with Crippen molar-refractivity contribution in [1.82, 2.24) is 14.9 Å². The molecule has 2 aromatic rings. The van der Waals surface area contributed by atoms with Gasteiger partial charge >= 0.3 is 12.1 Å². The number of aromatic nitrogens is 2. The molecule has 0 aliphatic heterocycles. The van der Waals surface area contributed by atoms with Gasteiger partial charge in [0.25, 0.3) is 0 Å². The van der Waals surface area contributed by atoms with E-state index in [0.29, 0.717) is 40.8 Å². The molecule has 2 atom stereocenters. The van der Waals surface area contributed by atoms with Gasteiger partial charge in [-0.2, -0.15) is 0 Å². The predicted octanol–water partition coefficient (Wildman–Crippen LogP) is 5.97. The third-order valence-corrected chi connectivity index (χ3v) is 6.30. The van der Waals surface area contributed by atoms with Gasteiger partial charge in [0.2, 0.25) is 0 Å². The van der Waals surface area contributed by atoms with Crippen LogP contribution < -0.4 is 4.74 Å². The Bertz CT molecular complexity index is 1060. The van der Waals surface area contributed by atoms with E-state index in [9.17, 15) is 9.59 Å². The van der Waals surface area contributed by atoms with Crippen LogP contribution >= 0.6 is 11.6 Å². The molecule has 3 rings (SSSR count). The van der Waals surface area contributed by atoms with Crippen LogP contribution in [0, 0.1) is 12.8 Å². The van der Waals surface area contributed by atoms with Crippen molar-refractivity contribution in [3.05, 3.63) is 40.7 Å². The molecule has 0 saturated heterocycles. The molecular formula is C27H36ClN3O5. The number of nitrogens with zero attached hydrogens (tertiary/aromatic N) is 3. The van der Waals surface area contributed by atoms with Crippen molar-refractivity contribution in [1.29, 1.82) is 0 Å². The van der Waals surface area contributed by atoms with E-state index in [0.717, 1.165) is 31.2 Å². The van der Waals surface area contributed by atoms with Crippen LogP contribution in [0.5, 0.6) is 5.75 Å². The van der Waals surface area contributed by atoms with Crippen LogP contribution in [0.2, 0.25) is 5.02 Å². The largest absolute Gasteiger partial charge is 0.487 e. The Hall–Kier alpha value is -2.87. The number of aryl methyl sites for hydroxylation is 1. The fourth-order valence-corrected chi connectivity index (χ4v) is 4.45. The van der Waals surface area contributed by atoms with Crippen LogP contribution in [0.15, 0.2) is 24.4 Å². The van der Waals surface area contributed by atoms with Gasteiger partial charge in [0, 0.05) is 29.7 Å². The number of esters is 1. The first-order chi connectivity index (χ1) is 17.2. The van der Waals surface area contributed by atoms with Crippen molar-refractivity contribution >= 4 is 23.7 Å². The Morgan fingerprint density at radius 2 is 2.03 bits per heavy atom. The quantitative estimate of drug-likeness (QED) is 0.378. The van der Waals surface area contributed by atoms with Gasteiger partial charge in [0.15, 0.2) is 11.6 Å². The topological polar surface area (TPSA) is 90.9 Å². The summed E-state index contributed by atoms with van der Waals surface area (Å²) in [5.74, 6) is 0.775. The van der Waals surface area contributed by atoms with Crippen LogP contribution in [-0.4, -0.2) is 52.7 Å². The number of halogens is 1. The predicted molar refractivity (Wildman–Crippen MR) is 138 cm³/mol. The lowest BCUT2D eigenvalue weighted by Crippen LogP contribution is -2.32. The molecule has 196 valence electrons. The highest BCUT2D eigenvalue weighted by atomic mass is 35.5. The van der Waals surface area contributed by atoms with Gasteiger partial charge in [-0.1, -0.05) is 18.5 Å². The standard InChI is InChI=1S/C27H36ClN3O5/c1-6-12-31(5)27(33)34-16-20-13-21(28)10-11-23(20)25-29-15-24(18(4)30-25)36-22-9-7-8-19(14-22)26(32)35-17(2)3/h10-11,13,15,17,19,22H,6-9,12,14,16H2,1-5H3/t19-,22-/m0/s1. The second-order valence-electron chi connectivity index (χ2n) is 9.51. The molecule has 0 spiro atoms. The number of ether oxygens (including phenoxy) is 3. The Morgan fingerprint density at radius 1 is 1.25 bits per heavy atom. The van der Waals surface area contributed by atoms with Crippen molar-refractivity contribution in [2.24, 2.45) is 5.92 Å². The molecule has 1 amide bonds. The normalized spacial score (nSPS) is 17.5. The molecular weight excluding hydrogens is 482 g/mol. The van der Waals surface area contributed by atoms with Crippen LogP contribution in [0.1, 0.15) is 64.1 Å². The summed E-state index contributed by atoms with van der Waals surface area (Å²) >= 11 is 6.21. The number of rotatable bonds is 9. The highest BCUT2D eigenvalue weighted by molar-refractivity contribution is 6.30. The number of benzene rings is 1. The molecule has 0 unspecified atom stereocenters. The Morgan fingerprint density at radius 3 is 2.72 bits per heavy atom. The second kappa shape index (κ2) is 12.9. The van der Waals surface area contributed by atoms with Crippen LogP contribution in [0.25, 0.3) is 11.4 Å². The molecule has 1 heterocycles. The zero-order valence-electron chi connectivity index (χ0n) is 21.8. The van der Waals surface area contributed by atoms with E-state index in [4.69, 9.17) is 25.8 Å². The smallest absolute Gasteiger partial charge is 0.409 e. The maximum atomic E-state index is 12.4. The first-order valence-corrected chi connectivity index (χ1v) is 12.9. The van der Waals surface area contributed by atoms with Crippen molar-refractivity contribution in [3.63, 3.8) is 0 Å². The summed E-state index contributed by atoms with van der Waals surface area (Å²) in [7, 11) is 1.71. The lowest BCUT2D eigenvalue weighted by atomic mass is 9.87. The molecule has 0 bridgehead atoms. The number of amides is 1. The van der Waals surface area contributed by atoms with Crippen LogP contribution in [0.4, 0.5) is 4.79 Å². The fraction of sp³-hybridized carbons (Fsp3) is 0.556. The maximum absolute atomic E-state index is 12.4. The van der Waals surface area contributed by atoms with E-state index in [1.165, 1.54) is 4.90 Å². The maximum Gasteiger partial charge on any atom is 0.409 e. The molecule has 0 radical (unpaired) electrons. The minimum absolute atomic E-state index is 0.0549. The monoisotopic (exact) mass is 517 g/mol. The van der Waals surface area contributed by atoms with Crippen LogP contribution in [-0.2, 0) is 20.9 Å². The summed E-state index contributed by atoms with van der Waals surface area (Å²) in [6.45, 7) is 8.25. The summed E-state index contributed by atoms with van der Waals surface area (Å²) < 4.78 is 17.1. The van der Waals surface area contributed by atoms with E-state index in [2.05, 4.69) is 9.97 Å². The molecule has 1 aromatic carbocycles. The van der Waals surface area contributed by atoms with E-state index >= 15 is 0 Å². The summed E-state index contributed by atoms with van der Waals surface area (Å²) in [5, 5.41) is 0.534. The van der Waals surface area contributed by atoms with Crippen molar-refractivity contribution in [3.8, 4) is 17.1 Å². The van der Waals surface area contributed by atoms with E-state index in [1.807, 2.05) is 33.8 Å². The van der Waals surface area contributed by atoms with E-state index < -0.39 is 6.09 Å². The van der Waals surface area contributed by atoms with Gasteiger partial charge in [0.05, 0.1) is 30.0 Å². The Balaban J connectivity index is 1.71. The Labute approximate surface area is 218 Å². The summed E-state index contributed by atoms with van der Waals surface area (Å²) in [5.41, 5.74) is 2.13. The molecule has 1 aliphatic carbocycles. The van der Waals surface area contributed by atoms with Crippen LogP contribution in [0.3, 0.4) is 0 Å². The zero-order valence-corrected chi connectivity index (χ0v) is 22.5. The average Bonchev–Trinajstić information content (AvgIpc) is 2.84. The first-order valence-electron chi connectivity index (χ1n) is 12.5. The van der Waals surface area contributed by atoms with Gasteiger partial charge in [0.1, 0.15) is 6.61 Å². The van der Waals surface area contributed by atoms with E-state index in [-0.39, 0.29) is 30.7 Å². The number of carbonyl (C=O) groups excluding carboxylic acids is 2. The molecule has 36 heavy (non-hydrogen) atoms. The molecule has 0 N–H and O–H groups in total. The van der Waals surface area contributed by atoms with Gasteiger partial charge in [-0.15, -0.1) is 0 Å². The van der Waals surface area contributed by atoms with Crippen molar-refractivity contribution in [2.75, 3.05) is 13.6 Å². The lowest BCUT2D eigenvalue weighted by molar-refractivity contribution is -0.154. The number of carbonyl (C=O) groups is 2. The Kier molecular flexibility index (Phi) is 9.93. The molecule has 8 nitrogen and oxygen atoms in total. The third kappa shape index (κ3) is 7.56. The van der Waals surface area contributed by atoms with Crippen molar-refractivity contribution in [2.45, 2.75) is 78.6 Å². The minimum atomic E-state index is -0.397. The van der Waals surface area contributed by atoms with Gasteiger partial charge < -0.3 is 19.1 Å². The highest BCUT2D eigenvalue weighted by Gasteiger charge is 2.30. The summed E-state index contributed by atoms with van der Waals surface area (Å²) in [6, 6.07) is 5.33. The molecule has 9 heteroatoms. The SMILES string of the molecule is CCCN(C)C(=O)OCc1cc(Cl)ccc1-c1ncc(O[C@H]2CCC[C@H](C(=O)OC(C)C)C2)c(C)n1. The third-order valence-electron chi connectivity index (χ3n) is 6.07. The average molecular weight is 518 g/mol. The van der Waals surface area contributed by atoms with Gasteiger partial charge in [-0.25, -0.2) is 14.8 Å². The summed E-state index contributed by atoms with van der Waals surface area (Å²) in [6.07, 6.45) is 5.09. The lowest BCUT2D eigenvalue weighted by Gasteiger charge is -2.29. The summed E-state index contributed by atoms with van der Waals surface area (Å²) in [4.78, 5) is 35.3. The highest BCUT2D eigenvalue weighted by Crippen LogP contribution is 2.31. The zero-order chi connectivity index (χ0) is 26.2. The number of hydrogen-bond acceptors (Lipinski definition) is 7. The number of hydrogen-bond donors (Lipinski definition) is 0. The molecule has 1 aromatic heterocycles. The minimum Gasteiger partial charge on any atom is -0.487 e. The van der Waals surface area contributed by atoms with Gasteiger partial charge in [-0.3, -0.25) is 4.79 Å². The van der Waals surface area contributed by atoms with Crippen molar-refractivity contribution < 1.29 is 23.8 Å².